The SMILES string of the molecule is CCCCCCOc1ccccc1N(c1ccccc1)c1ccccc1.OB(O)O. The lowest BCUT2D eigenvalue weighted by Gasteiger charge is -2.27. The number of nitrogens with zero attached hydrogens (tertiary/aromatic N) is 1. The van der Waals surface area contributed by atoms with Crippen LogP contribution in [0.1, 0.15) is 32.6 Å². The maximum atomic E-state index is 7.17. The Hall–Kier alpha value is -2.80. The number of rotatable bonds is 9. The van der Waals surface area contributed by atoms with Crippen LogP contribution in [0, 0.1) is 0 Å². The molecule has 0 saturated heterocycles. The molecule has 0 radical (unpaired) electrons. The summed E-state index contributed by atoms with van der Waals surface area (Å²) in [5.41, 5.74) is 3.32. The fourth-order valence-electron chi connectivity index (χ4n) is 3.06. The van der Waals surface area contributed by atoms with Crippen LogP contribution in [0.4, 0.5) is 17.1 Å². The van der Waals surface area contributed by atoms with Crippen molar-refractivity contribution < 1.29 is 19.8 Å². The number of hydrogen-bond acceptors (Lipinski definition) is 5. The van der Waals surface area contributed by atoms with E-state index in [1.165, 1.54) is 19.3 Å². The van der Waals surface area contributed by atoms with Gasteiger partial charge in [-0.1, -0.05) is 74.7 Å². The highest BCUT2D eigenvalue weighted by Gasteiger charge is 2.16. The van der Waals surface area contributed by atoms with Crippen LogP contribution in [0.3, 0.4) is 0 Å². The Morgan fingerprint density at radius 2 is 1.20 bits per heavy atom. The Morgan fingerprint density at radius 3 is 1.73 bits per heavy atom. The summed E-state index contributed by atoms with van der Waals surface area (Å²) < 4.78 is 6.17. The van der Waals surface area contributed by atoms with Gasteiger partial charge in [-0.25, -0.2) is 0 Å². The van der Waals surface area contributed by atoms with Crippen molar-refractivity contribution in [1.29, 1.82) is 0 Å². The largest absolute Gasteiger partial charge is 0.631 e. The molecule has 3 rings (SSSR count). The first-order valence-corrected chi connectivity index (χ1v) is 10.3. The summed E-state index contributed by atoms with van der Waals surface area (Å²) in [4.78, 5) is 2.25. The van der Waals surface area contributed by atoms with Crippen LogP contribution in [0.2, 0.25) is 0 Å². The van der Waals surface area contributed by atoms with Crippen LogP contribution in [0.15, 0.2) is 84.9 Å². The van der Waals surface area contributed by atoms with Crippen molar-refractivity contribution >= 4 is 24.4 Å². The van der Waals surface area contributed by atoms with E-state index in [-0.39, 0.29) is 0 Å². The Morgan fingerprint density at radius 1 is 0.700 bits per heavy atom. The van der Waals surface area contributed by atoms with Gasteiger partial charge in [0.1, 0.15) is 5.75 Å². The highest BCUT2D eigenvalue weighted by Crippen LogP contribution is 2.39. The fourth-order valence-corrected chi connectivity index (χ4v) is 3.06. The number of anilines is 3. The minimum atomic E-state index is -2.17. The van der Waals surface area contributed by atoms with Crippen molar-refractivity contribution in [2.75, 3.05) is 11.5 Å². The van der Waals surface area contributed by atoms with Gasteiger partial charge in [0.25, 0.3) is 0 Å². The molecular weight excluding hydrogens is 377 g/mol. The highest BCUT2D eigenvalue weighted by molar-refractivity contribution is 6.30. The lowest BCUT2D eigenvalue weighted by molar-refractivity contribution is 0.278. The van der Waals surface area contributed by atoms with E-state index in [1.54, 1.807) is 0 Å². The Labute approximate surface area is 179 Å². The topological polar surface area (TPSA) is 73.2 Å². The lowest BCUT2D eigenvalue weighted by atomic mass is 10.2. The molecule has 0 aliphatic carbocycles. The van der Waals surface area contributed by atoms with Crippen LogP contribution in [-0.2, 0) is 0 Å². The van der Waals surface area contributed by atoms with Crippen LogP contribution in [-0.4, -0.2) is 29.0 Å². The maximum Gasteiger partial charge on any atom is 0.631 e. The molecule has 3 aromatic carbocycles. The van der Waals surface area contributed by atoms with Crippen molar-refractivity contribution in [2.45, 2.75) is 32.6 Å². The number of para-hydroxylation sites is 4. The quantitative estimate of drug-likeness (QED) is 0.341. The Kier molecular flexibility index (Phi) is 10.5. The van der Waals surface area contributed by atoms with E-state index < -0.39 is 7.32 Å². The van der Waals surface area contributed by atoms with Gasteiger partial charge in [0.05, 0.1) is 12.3 Å². The molecule has 0 aliphatic rings. The summed E-state index contributed by atoms with van der Waals surface area (Å²) in [6.45, 7) is 2.99. The molecule has 0 aromatic heterocycles. The molecular formula is C24H30BNO4. The summed E-state index contributed by atoms with van der Waals surface area (Å²) >= 11 is 0. The maximum absolute atomic E-state index is 7.17. The van der Waals surface area contributed by atoms with E-state index in [2.05, 4.69) is 78.6 Å². The summed E-state index contributed by atoms with van der Waals surface area (Å²) in [5.74, 6) is 0.928. The highest BCUT2D eigenvalue weighted by atomic mass is 16.5. The summed E-state index contributed by atoms with van der Waals surface area (Å²) in [7, 11) is -2.17. The predicted molar refractivity (Wildman–Crippen MR) is 123 cm³/mol. The second-order valence-electron chi connectivity index (χ2n) is 6.73. The van der Waals surface area contributed by atoms with Crippen molar-refractivity contribution in [3.63, 3.8) is 0 Å². The van der Waals surface area contributed by atoms with Crippen molar-refractivity contribution in [1.82, 2.24) is 0 Å². The molecule has 0 fully saturated rings. The van der Waals surface area contributed by atoms with Crippen molar-refractivity contribution in [3.05, 3.63) is 84.9 Å². The zero-order chi connectivity index (χ0) is 21.6. The molecule has 0 unspecified atom stereocenters. The molecule has 158 valence electrons. The molecule has 0 atom stereocenters. The zero-order valence-corrected chi connectivity index (χ0v) is 17.4. The summed E-state index contributed by atoms with van der Waals surface area (Å²) in [6.07, 6.45) is 4.83. The van der Waals surface area contributed by atoms with Crippen molar-refractivity contribution in [2.24, 2.45) is 0 Å². The minimum absolute atomic E-state index is 0.758. The Balaban J connectivity index is 0.000000735. The van der Waals surface area contributed by atoms with Gasteiger partial charge in [-0.3, -0.25) is 0 Å². The number of unbranched alkanes of at least 4 members (excludes halogenated alkanes) is 3. The third-order valence-electron chi connectivity index (χ3n) is 4.39. The molecule has 0 saturated carbocycles. The first-order chi connectivity index (χ1) is 14.6. The molecule has 0 spiro atoms. The first kappa shape index (κ1) is 23.5. The van der Waals surface area contributed by atoms with Gasteiger partial charge < -0.3 is 24.7 Å². The van der Waals surface area contributed by atoms with Crippen LogP contribution < -0.4 is 9.64 Å². The van der Waals surface area contributed by atoms with Gasteiger partial charge >= 0.3 is 7.32 Å². The molecule has 0 aliphatic heterocycles. The third kappa shape index (κ3) is 7.91. The molecule has 0 heterocycles. The average Bonchev–Trinajstić information content (AvgIpc) is 2.76. The van der Waals surface area contributed by atoms with Gasteiger partial charge in [-0.05, 0) is 42.8 Å². The van der Waals surface area contributed by atoms with Crippen LogP contribution in [0.25, 0.3) is 0 Å². The van der Waals surface area contributed by atoms with Gasteiger partial charge in [-0.2, -0.15) is 0 Å². The molecule has 0 amide bonds. The van der Waals surface area contributed by atoms with Gasteiger partial charge in [0, 0.05) is 11.4 Å². The molecule has 30 heavy (non-hydrogen) atoms. The van der Waals surface area contributed by atoms with Gasteiger partial charge in [0.15, 0.2) is 0 Å². The predicted octanol–water partition coefficient (Wildman–Crippen LogP) is 5.06. The number of ether oxygens (including phenoxy) is 1. The van der Waals surface area contributed by atoms with Gasteiger partial charge in [-0.15, -0.1) is 0 Å². The van der Waals surface area contributed by atoms with Crippen LogP contribution in [0.5, 0.6) is 5.75 Å². The number of benzene rings is 3. The van der Waals surface area contributed by atoms with Crippen LogP contribution >= 0.6 is 0 Å². The molecule has 0 bridgehead atoms. The minimum Gasteiger partial charge on any atom is -0.491 e. The average molecular weight is 407 g/mol. The monoisotopic (exact) mass is 407 g/mol. The summed E-state index contributed by atoms with van der Waals surface area (Å²) in [6, 6.07) is 29.2. The van der Waals surface area contributed by atoms with E-state index in [1.807, 2.05) is 18.2 Å². The first-order valence-electron chi connectivity index (χ1n) is 10.3. The third-order valence-corrected chi connectivity index (χ3v) is 4.39. The van der Waals surface area contributed by atoms with E-state index in [9.17, 15) is 0 Å². The smallest absolute Gasteiger partial charge is 0.491 e. The molecule has 3 aromatic rings. The second kappa shape index (κ2) is 13.4. The molecule has 3 N–H and O–H groups in total. The van der Waals surface area contributed by atoms with Gasteiger partial charge in [0.2, 0.25) is 0 Å². The Bertz CT molecular complexity index is 789. The van der Waals surface area contributed by atoms with Crippen molar-refractivity contribution in [3.8, 4) is 5.75 Å². The molecule has 6 heteroatoms. The lowest BCUT2D eigenvalue weighted by Crippen LogP contribution is -2.11. The fraction of sp³-hybridized carbons (Fsp3) is 0.250. The van der Waals surface area contributed by atoms with E-state index in [4.69, 9.17) is 19.8 Å². The zero-order valence-electron chi connectivity index (χ0n) is 17.4. The van der Waals surface area contributed by atoms with E-state index in [0.717, 1.165) is 35.8 Å². The normalized spacial score (nSPS) is 10.0. The molecule has 5 nitrogen and oxygen atoms in total. The number of hydrogen-bond donors (Lipinski definition) is 3. The standard InChI is InChI=1S/C24H27NO.BH3O3/c1-2-3-4-13-20-26-24-19-12-11-18-23(24)25(21-14-7-5-8-15-21)22-16-9-6-10-17-22;2-1(3)4/h5-12,14-19H,2-4,13,20H2,1H3;2-4H. The summed E-state index contributed by atoms with van der Waals surface area (Å²) in [5, 5.41) is 21.5. The van der Waals surface area contributed by atoms with E-state index >= 15 is 0 Å². The second-order valence-corrected chi connectivity index (χ2v) is 6.73. The van der Waals surface area contributed by atoms with E-state index in [0.29, 0.717) is 0 Å².